The Bertz CT molecular complexity index is 639. The number of hydrogen-bond acceptors (Lipinski definition) is 5. The van der Waals surface area contributed by atoms with Gasteiger partial charge in [0.15, 0.2) is 5.96 Å². The molecule has 8 heteroatoms. The minimum Gasteiger partial charge on any atom is -0.357 e. The third kappa shape index (κ3) is 8.96. The number of rotatable bonds is 9. The molecule has 0 amide bonds. The van der Waals surface area contributed by atoms with E-state index in [-0.39, 0.29) is 24.0 Å². The summed E-state index contributed by atoms with van der Waals surface area (Å²) in [6.45, 7) is 8.75. The minimum absolute atomic E-state index is 0. The van der Waals surface area contributed by atoms with Crippen molar-refractivity contribution in [2.45, 2.75) is 46.5 Å². The topological polar surface area (TPSA) is 62.2 Å². The molecule has 0 saturated heterocycles. The number of aromatic nitrogens is 2. The normalized spacial score (nSPS) is 11.2. The standard InChI is InChI=1S/C17H27N5S2.HI/c1-4-18-17(20-10-8-15-12-23-14(3)22-15)19-9-6-5-7-16-21-13(2)11-24-16;/h11-12H,4-10H2,1-3H3,(H2,18,19,20);1H. The van der Waals surface area contributed by atoms with Gasteiger partial charge < -0.3 is 10.6 Å². The summed E-state index contributed by atoms with van der Waals surface area (Å²) in [5, 5.41) is 13.3. The molecule has 0 bridgehead atoms. The Balaban J connectivity index is 0.00000312. The first-order chi connectivity index (χ1) is 11.7. The van der Waals surface area contributed by atoms with E-state index < -0.39 is 0 Å². The Kier molecular flexibility index (Phi) is 11.2. The number of thiazole rings is 2. The molecule has 0 unspecified atom stereocenters. The molecule has 0 atom stereocenters. The maximum absolute atomic E-state index is 4.65. The van der Waals surface area contributed by atoms with Gasteiger partial charge in [0.05, 0.1) is 15.7 Å². The number of nitrogens with one attached hydrogen (secondary N) is 2. The first-order valence-electron chi connectivity index (χ1n) is 8.51. The number of aryl methyl sites for hydroxylation is 3. The van der Waals surface area contributed by atoms with Crippen LogP contribution in [0, 0.1) is 13.8 Å². The molecular weight excluding hydrogens is 465 g/mol. The Morgan fingerprint density at radius 1 is 1.08 bits per heavy atom. The van der Waals surface area contributed by atoms with Crippen LogP contribution in [0.25, 0.3) is 0 Å². The molecule has 0 aliphatic rings. The quantitative estimate of drug-likeness (QED) is 0.240. The Hall–Kier alpha value is -0.740. The van der Waals surface area contributed by atoms with E-state index in [4.69, 9.17) is 0 Å². The molecule has 0 aliphatic carbocycles. The zero-order chi connectivity index (χ0) is 17.2. The molecular formula is C17H28IN5S2. The van der Waals surface area contributed by atoms with E-state index in [1.165, 1.54) is 5.01 Å². The summed E-state index contributed by atoms with van der Waals surface area (Å²) < 4.78 is 0. The van der Waals surface area contributed by atoms with E-state index in [0.29, 0.717) is 0 Å². The highest BCUT2D eigenvalue weighted by molar-refractivity contribution is 14.0. The van der Waals surface area contributed by atoms with E-state index in [2.05, 4.69) is 43.3 Å². The fraction of sp³-hybridized carbons (Fsp3) is 0.588. The van der Waals surface area contributed by atoms with Crippen LogP contribution in [0.15, 0.2) is 15.8 Å². The molecule has 0 radical (unpaired) electrons. The predicted molar refractivity (Wildman–Crippen MR) is 120 cm³/mol. The summed E-state index contributed by atoms with van der Waals surface area (Å²) in [5.41, 5.74) is 2.28. The van der Waals surface area contributed by atoms with Gasteiger partial charge in [-0.15, -0.1) is 46.7 Å². The predicted octanol–water partition coefficient (Wildman–Crippen LogP) is 3.95. The van der Waals surface area contributed by atoms with Crippen molar-refractivity contribution in [3.63, 3.8) is 0 Å². The lowest BCUT2D eigenvalue weighted by molar-refractivity contribution is 0.726. The minimum atomic E-state index is 0. The second-order valence-corrected chi connectivity index (χ2v) is 7.64. The third-order valence-electron chi connectivity index (χ3n) is 3.42. The number of aliphatic imine (C=N–C) groups is 1. The van der Waals surface area contributed by atoms with Crippen molar-refractivity contribution in [2.24, 2.45) is 4.99 Å². The van der Waals surface area contributed by atoms with Gasteiger partial charge in [0, 0.05) is 42.5 Å². The monoisotopic (exact) mass is 493 g/mol. The lowest BCUT2D eigenvalue weighted by Crippen LogP contribution is -2.38. The van der Waals surface area contributed by atoms with Crippen molar-refractivity contribution in [1.29, 1.82) is 0 Å². The van der Waals surface area contributed by atoms with Crippen LogP contribution in [0.4, 0.5) is 0 Å². The van der Waals surface area contributed by atoms with Gasteiger partial charge in [-0.05, 0) is 40.0 Å². The number of halogens is 1. The Morgan fingerprint density at radius 3 is 2.56 bits per heavy atom. The van der Waals surface area contributed by atoms with E-state index in [0.717, 1.165) is 67.7 Å². The van der Waals surface area contributed by atoms with Crippen LogP contribution >= 0.6 is 46.7 Å². The van der Waals surface area contributed by atoms with E-state index >= 15 is 0 Å². The summed E-state index contributed by atoms with van der Waals surface area (Å²) in [6.07, 6.45) is 4.20. The molecule has 2 aromatic rings. The molecule has 140 valence electrons. The van der Waals surface area contributed by atoms with Crippen molar-refractivity contribution in [2.75, 3.05) is 19.6 Å². The molecule has 5 nitrogen and oxygen atoms in total. The van der Waals surface area contributed by atoms with Gasteiger partial charge >= 0.3 is 0 Å². The Labute approximate surface area is 175 Å². The van der Waals surface area contributed by atoms with Crippen molar-refractivity contribution in [1.82, 2.24) is 20.6 Å². The van der Waals surface area contributed by atoms with Gasteiger partial charge in [0.1, 0.15) is 0 Å². The highest BCUT2D eigenvalue weighted by Crippen LogP contribution is 2.11. The van der Waals surface area contributed by atoms with E-state index in [1.54, 1.807) is 22.7 Å². The largest absolute Gasteiger partial charge is 0.357 e. The van der Waals surface area contributed by atoms with Gasteiger partial charge in [-0.1, -0.05) is 0 Å². The second-order valence-electron chi connectivity index (χ2n) is 5.64. The highest BCUT2D eigenvalue weighted by Gasteiger charge is 2.01. The van der Waals surface area contributed by atoms with Crippen LogP contribution in [0.1, 0.15) is 41.2 Å². The van der Waals surface area contributed by atoms with Gasteiger partial charge in [-0.25, -0.2) is 9.97 Å². The molecule has 2 rings (SSSR count). The Morgan fingerprint density at radius 2 is 1.92 bits per heavy atom. The summed E-state index contributed by atoms with van der Waals surface area (Å²) in [7, 11) is 0. The molecule has 2 aromatic heterocycles. The lowest BCUT2D eigenvalue weighted by atomic mass is 10.2. The SMILES string of the molecule is CCNC(=NCCCCc1nc(C)cs1)NCCc1csc(C)n1.I. The summed E-state index contributed by atoms with van der Waals surface area (Å²) in [4.78, 5) is 13.6. The molecule has 25 heavy (non-hydrogen) atoms. The third-order valence-corrected chi connectivity index (χ3v) is 5.27. The number of guanidine groups is 1. The molecule has 0 spiro atoms. The van der Waals surface area contributed by atoms with Crippen LogP contribution in [0.3, 0.4) is 0 Å². The lowest BCUT2D eigenvalue weighted by Gasteiger charge is -2.10. The van der Waals surface area contributed by atoms with Gasteiger partial charge in [-0.2, -0.15) is 0 Å². The average Bonchev–Trinajstić information content (AvgIpc) is 3.15. The fourth-order valence-corrected chi connectivity index (χ4v) is 3.74. The maximum atomic E-state index is 4.65. The van der Waals surface area contributed by atoms with Gasteiger partial charge in [-0.3, -0.25) is 4.99 Å². The molecule has 0 aromatic carbocycles. The first kappa shape index (κ1) is 22.3. The van der Waals surface area contributed by atoms with Crippen molar-refractivity contribution < 1.29 is 0 Å². The van der Waals surface area contributed by atoms with Crippen LogP contribution < -0.4 is 10.6 Å². The van der Waals surface area contributed by atoms with Crippen LogP contribution in [0.5, 0.6) is 0 Å². The second kappa shape index (κ2) is 12.6. The first-order valence-corrected chi connectivity index (χ1v) is 10.3. The maximum Gasteiger partial charge on any atom is 0.191 e. The van der Waals surface area contributed by atoms with Crippen LogP contribution in [-0.2, 0) is 12.8 Å². The average molecular weight is 493 g/mol. The van der Waals surface area contributed by atoms with Gasteiger partial charge in [0.2, 0.25) is 0 Å². The number of hydrogen-bond donors (Lipinski definition) is 2. The van der Waals surface area contributed by atoms with Crippen molar-refractivity contribution in [3.8, 4) is 0 Å². The fourth-order valence-electron chi connectivity index (χ4n) is 2.27. The molecule has 2 N–H and O–H groups in total. The van der Waals surface area contributed by atoms with Crippen molar-refractivity contribution in [3.05, 3.63) is 32.2 Å². The summed E-state index contributed by atoms with van der Waals surface area (Å²) in [5.74, 6) is 0.898. The zero-order valence-electron chi connectivity index (χ0n) is 15.2. The molecule has 2 heterocycles. The van der Waals surface area contributed by atoms with Crippen LogP contribution in [-0.4, -0.2) is 35.6 Å². The van der Waals surface area contributed by atoms with Crippen LogP contribution in [0.2, 0.25) is 0 Å². The zero-order valence-corrected chi connectivity index (χ0v) is 19.1. The van der Waals surface area contributed by atoms with Crippen molar-refractivity contribution >= 4 is 52.6 Å². The number of nitrogens with zero attached hydrogens (tertiary/aromatic N) is 3. The van der Waals surface area contributed by atoms with E-state index in [1.807, 2.05) is 13.8 Å². The number of unbranched alkanes of at least 4 members (excludes halogenated alkanes) is 1. The highest BCUT2D eigenvalue weighted by atomic mass is 127. The van der Waals surface area contributed by atoms with E-state index in [9.17, 15) is 0 Å². The summed E-state index contributed by atoms with van der Waals surface area (Å²) in [6, 6.07) is 0. The molecule has 0 saturated carbocycles. The molecule has 0 aliphatic heterocycles. The summed E-state index contributed by atoms with van der Waals surface area (Å²) >= 11 is 3.46. The van der Waals surface area contributed by atoms with Gasteiger partial charge in [0.25, 0.3) is 0 Å². The molecule has 0 fully saturated rings. The smallest absolute Gasteiger partial charge is 0.191 e.